The van der Waals surface area contributed by atoms with Gasteiger partial charge in [-0.25, -0.2) is 0 Å². The number of carbonyl (C=O) groups is 1. The first-order valence-electron chi connectivity index (χ1n) is 7.74. The Hall–Kier alpha value is -1.35. The van der Waals surface area contributed by atoms with Gasteiger partial charge in [0, 0.05) is 12.6 Å². The minimum atomic E-state index is -0.591. The molecule has 3 rings (SSSR count). The molecule has 3 heteroatoms. The highest BCUT2D eigenvalue weighted by atomic mass is 16.2. The van der Waals surface area contributed by atoms with Crippen LogP contribution in [0.15, 0.2) is 24.3 Å². The monoisotopic (exact) mass is 272 g/mol. The van der Waals surface area contributed by atoms with Crippen molar-refractivity contribution in [2.45, 2.75) is 63.6 Å². The van der Waals surface area contributed by atoms with Gasteiger partial charge in [-0.05, 0) is 38.2 Å². The Morgan fingerprint density at radius 1 is 1.35 bits per heavy atom. The highest BCUT2D eigenvalue weighted by molar-refractivity contribution is 5.87. The lowest BCUT2D eigenvalue weighted by atomic mass is 9.96. The van der Waals surface area contributed by atoms with Crippen LogP contribution in [0.25, 0.3) is 0 Å². The van der Waals surface area contributed by atoms with Gasteiger partial charge in [0.1, 0.15) is 0 Å². The molecule has 1 amide bonds. The number of rotatable bonds is 4. The smallest absolute Gasteiger partial charge is 0.243 e. The first kappa shape index (κ1) is 13.6. The lowest BCUT2D eigenvalue weighted by molar-refractivity contribution is -0.138. The normalized spacial score (nSPS) is 20.9. The molecule has 2 N–H and O–H groups in total. The molecule has 1 aromatic rings. The third-order valence-corrected chi connectivity index (χ3v) is 4.61. The van der Waals surface area contributed by atoms with Crippen LogP contribution in [-0.2, 0) is 11.3 Å². The molecule has 2 saturated carbocycles. The van der Waals surface area contributed by atoms with E-state index >= 15 is 0 Å². The van der Waals surface area contributed by atoms with Crippen molar-refractivity contribution >= 4 is 5.91 Å². The van der Waals surface area contributed by atoms with Crippen LogP contribution in [0.4, 0.5) is 0 Å². The number of nitrogens with two attached hydrogens (primary N) is 1. The summed E-state index contributed by atoms with van der Waals surface area (Å²) in [6, 6.07) is 8.85. The highest BCUT2D eigenvalue weighted by Gasteiger charge is 2.44. The predicted molar refractivity (Wildman–Crippen MR) is 80.1 cm³/mol. The second kappa shape index (κ2) is 5.21. The third-order valence-electron chi connectivity index (χ3n) is 4.61. The number of hydrogen-bond acceptors (Lipinski definition) is 2. The van der Waals surface area contributed by atoms with Gasteiger partial charge in [-0.15, -0.1) is 0 Å². The average molecular weight is 272 g/mol. The Morgan fingerprint density at radius 3 is 2.65 bits per heavy atom. The molecule has 2 aliphatic rings. The Labute approximate surface area is 121 Å². The summed E-state index contributed by atoms with van der Waals surface area (Å²) in [7, 11) is 0. The molecule has 1 aromatic carbocycles. The molecule has 20 heavy (non-hydrogen) atoms. The van der Waals surface area contributed by atoms with E-state index in [0.29, 0.717) is 12.6 Å². The van der Waals surface area contributed by atoms with Gasteiger partial charge in [0.15, 0.2) is 0 Å². The summed E-state index contributed by atoms with van der Waals surface area (Å²) in [5, 5.41) is 0. The Bertz CT molecular complexity index is 501. The van der Waals surface area contributed by atoms with Gasteiger partial charge in [0.2, 0.25) is 5.91 Å². The van der Waals surface area contributed by atoms with Crippen molar-refractivity contribution in [2.75, 3.05) is 0 Å². The molecular weight excluding hydrogens is 248 g/mol. The molecule has 0 aromatic heterocycles. The molecule has 0 saturated heterocycles. The zero-order valence-corrected chi connectivity index (χ0v) is 12.3. The summed E-state index contributed by atoms with van der Waals surface area (Å²) in [5.41, 5.74) is 8.23. The SMILES string of the molecule is Cc1cccc(CN(C(=O)C2(N)CCCC2)C2CC2)c1. The van der Waals surface area contributed by atoms with Gasteiger partial charge < -0.3 is 10.6 Å². The molecule has 108 valence electrons. The Kier molecular flexibility index (Phi) is 3.55. The predicted octanol–water partition coefficient (Wildman–Crippen LogP) is 2.76. The van der Waals surface area contributed by atoms with Crippen molar-refractivity contribution in [2.24, 2.45) is 5.73 Å². The van der Waals surface area contributed by atoms with Gasteiger partial charge in [0.25, 0.3) is 0 Å². The maximum atomic E-state index is 12.8. The molecule has 0 heterocycles. The molecular formula is C17H24N2O. The van der Waals surface area contributed by atoms with Crippen LogP contribution >= 0.6 is 0 Å². The van der Waals surface area contributed by atoms with Crippen LogP contribution < -0.4 is 5.73 Å². The standard InChI is InChI=1S/C17H24N2O/c1-13-5-4-6-14(11-13)12-19(15-7-8-15)16(20)17(18)9-2-3-10-17/h4-6,11,15H,2-3,7-10,12,18H2,1H3. The number of nitrogens with zero attached hydrogens (tertiary/aromatic N) is 1. The molecule has 2 aliphatic carbocycles. The zero-order chi connectivity index (χ0) is 14.2. The summed E-state index contributed by atoms with van der Waals surface area (Å²) in [6.45, 7) is 2.80. The van der Waals surface area contributed by atoms with E-state index in [1.165, 1.54) is 11.1 Å². The van der Waals surface area contributed by atoms with E-state index in [9.17, 15) is 4.79 Å². The molecule has 0 bridgehead atoms. The number of aryl methyl sites for hydroxylation is 1. The fourth-order valence-electron chi connectivity index (χ4n) is 3.27. The average Bonchev–Trinajstić information content (AvgIpc) is 3.17. The molecule has 0 aliphatic heterocycles. The molecule has 0 unspecified atom stereocenters. The van der Waals surface area contributed by atoms with Crippen LogP contribution in [0, 0.1) is 6.92 Å². The van der Waals surface area contributed by atoms with Gasteiger partial charge in [-0.3, -0.25) is 4.79 Å². The lowest BCUT2D eigenvalue weighted by Crippen LogP contribution is -2.54. The second-order valence-electron chi connectivity index (χ2n) is 6.52. The number of carbonyl (C=O) groups excluding carboxylic acids is 1. The largest absolute Gasteiger partial charge is 0.334 e. The van der Waals surface area contributed by atoms with Crippen LogP contribution in [0.1, 0.15) is 49.7 Å². The van der Waals surface area contributed by atoms with Crippen LogP contribution in [0.3, 0.4) is 0 Å². The van der Waals surface area contributed by atoms with Crippen molar-refractivity contribution in [3.63, 3.8) is 0 Å². The van der Waals surface area contributed by atoms with E-state index in [1.807, 2.05) is 4.90 Å². The van der Waals surface area contributed by atoms with Crippen molar-refractivity contribution in [3.05, 3.63) is 35.4 Å². The second-order valence-corrected chi connectivity index (χ2v) is 6.52. The summed E-state index contributed by atoms with van der Waals surface area (Å²) < 4.78 is 0. The number of amides is 1. The van der Waals surface area contributed by atoms with Gasteiger partial charge in [-0.1, -0.05) is 42.7 Å². The first-order chi connectivity index (χ1) is 9.58. The molecule has 0 atom stereocenters. The maximum Gasteiger partial charge on any atom is 0.243 e. The van der Waals surface area contributed by atoms with Gasteiger partial charge in [-0.2, -0.15) is 0 Å². The Morgan fingerprint density at radius 2 is 2.05 bits per heavy atom. The fraction of sp³-hybridized carbons (Fsp3) is 0.588. The van der Waals surface area contributed by atoms with Crippen molar-refractivity contribution in [3.8, 4) is 0 Å². The van der Waals surface area contributed by atoms with Crippen LogP contribution in [0.5, 0.6) is 0 Å². The summed E-state index contributed by atoms with van der Waals surface area (Å²) in [5.74, 6) is 0.180. The van der Waals surface area contributed by atoms with Gasteiger partial charge >= 0.3 is 0 Å². The van der Waals surface area contributed by atoms with E-state index in [1.54, 1.807) is 0 Å². The van der Waals surface area contributed by atoms with Crippen LogP contribution in [0.2, 0.25) is 0 Å². The number of benzene rings is 1. The summed E-state index contributed by atoms with van der Waals surface area (Å²) in [4.78, 5) is 14.9. The summed E-state index contributed by atoms with van der Waals surface area (Å²) in [6.07, 6.45) is 6.14. The molecule has 2 fully saturated rings. The highest BCUT2D eigenvalue weighted by Crippen LogP contribution is 2.35. The lowest BCUT2D eigenvalue weighted by Gasteiger charge is -2.32. The van der Waals surface area contributed by atoms with E-state index in [4.69, 9.17) is 5.73 Å². The van der Waals surface area contributed by atoms with Gasteiger partial charge in [0.05, 0.1) is 5.54 Å². The first-order valence-corrected chi connectivity index (χ1v) is 7.74. The minimum Gasteiger partial charge on any atom is -0.334 e. The zero-order valence-electron chi connectivity index (χ0n) is 12.3. The number of hydrogen-bond donors (Lipinski definition) is 1. The van der Waals surface area contributed by atoms with Crippen molar-refractivity contribution in [1.82, 2.24) is 4.90 Å². The van der Waals surface area contributed by atoms with E-state index in [-0.39, 0.29) is 5.91 Å². The Balaban J connectivity index is 1.77. The quantitative estimate of drug-likeness (QED) is 0.916. The van der Waals surface area contributed by atoms with Crippen LogP contribution in [-0.4, -0.2) is 22.4 Å². The topological polar surface area (TPSA) is 46.3 Å². The minimum absolute atomic E-state index is 0.180. The molecule has 3 nitrogen and oxygen atoms in total. The summed E-state index contributed by atoms with van der Waals surface area (Å²) >= 11 is 0. The van der Waals surface area contributed by atoms with E-state index < -0.39 is 5.54 Å². The fourth-order valence-corrected chi connectivity index (χ4v) is 3.27. The maximum absolute atomic E-state index is 12.8. The van der Waals surface area contributed by atoms with Crippen molar-refractivity contribution in [1.29, 1.82) is 0 Å². The molecule has 0 spiro atoms. The van der Waals surface area contributed by atoms with E-state index in [2.05, 4.69) is 31.2 Å². The molecule has 0 radical (unpaired) electrons. The third kappa shape index (κ3) is 2.73. The van der Waals surface area contributed by atoms with Crippen molar-refractivity contribution < 1.29 is 4.79 Å². The van der Waals surface area contributed by atoms with E-state index in [0.717, 1.165) is 38.5 Å².